The van der Waals surface area contributed by atoms with E-state index >= 15 is 0 Å². The molecule has 0 spiro atoms. The van der Waals surface area contributed by atoms with Crippen LogP contribution in [-0.2, 0) is 23.1 Å². The van der Waals surface area contributed by atoms with Crippen molar-refractivity contribution in [3.63, 3.8) is 0 Å². The second kappa shape index (κ2) is 6.35. The molecule has 0 saturated heterocycles. The molecule has 0 fully saturated rings. The van der Waals surface area contributed by atoms with E-state index < -0.39 is 10.0 Å². The average molecular weight is 380 g/mol. The number of aliphatic hydroxyl groups is 1. The summed E-state index contributed by atoms with van der Waals surface area (Å²) in [6, 6.07) is 1.89. The smallest absolute Gasteiger partial charge is 0.246 e. The highest BCUT2D eigenvalue weighted by atomic mass is 79.9. The van der Waals surface area contributed by atoms with E-state index in [-0.39, 0.29) is 18.0 Å². The number of halogens is 1. The minimum Gasteiger partial charge on any atom is -0.394 e. The van der Waals surface area contributed by atoms with Gasteiger partial charge in [-0.15, -0.1) is 11.3 Å². The number of hydrogen-bond acceptors (Lipinski definition) is 5. The lowest BCUT2D eigenvalue weighted by atomic mass is 10.3. The van der Waals surface area contributed by atoms with Gasteiger partial charge in [-0.05, 0) is 32.9 Å². The van der Waals surface area contributed by atoms with Gasteiger partial charge in [-0.3, -0.25) is 4.68 Å². The van der Waals surface area contributed by atoms with Gasteiger partial charge in [0.15, 0.2) is 0 Å². The molecule has 2 rings (SSSR count). The largest absolute Gasteiger partial charge is 0.394 e. The Bertz CT molecular complexity index is 681. The summed E-state index contributed by atoms with van der Waals surface area (Å²) in [6.07, 6.45) is 2.72. The quantitative estimate of drug-likeness (QED) is 0.825. The summed E-state index contributed by atoms with van der Waals surface area (Å²) < 4.78 is 28.4. The van der Waals surface area contributed by atoms with Gasteiger partial charge in [0.25, 0.3) is 0 Å². The minimum absolute atomic E-state index is 0.0834. The summed E-state index contributed by atoms with van der Waals surface area (Å²) in [4.78, 5) is 0.128. The van der Waals surface area contributed by atoms with E-state index in [9.17, 15) is 8.42 Å². The lowest BCUT2D eigenvalue weighted by Crippen LogP contribution is -2.26. The molecule has 9 heteroatoms. The van der Waals surface area contributed by atoms with E-state index in [1.807, 2.05) is 11.4 Å². The Balaban J connectivity index is 2.15. The Labute approximate surface area is 129 Å². The van der Waals surface area contributed by atoms with Crippen LogP contribution >= 0.6 is 27.3 Å². The predicted octanol–water partition coefficient (Wildman–Crippen LogP) is 1.52. The van der Waals surface area contributed by atoms with Crippen molar-refractivity contribution in [2.24, 2.45) is 0 Å². The summed E-state index contributed by atoms with van der Waals surface area (Å²) >= 11 is 4.87. The van der Waals surface area contributed by atoms with Crippen LogP contribution in [0.5, 0.6) is 0 Å². The number of hydrogen-bond donors (Lipinski definition) is 1. The van der Waals surface area contributed by atoms with Crippen LogP contribution in [-0.4, -0.2) is 41.3 Å². The molecule has 0 aromatic carbocycles. The standard InChI is InChI=1S/C11H14BrN3O3S2/c1-14(6-9-4-11(12)19-8-9)20(17,18)10-5-13-15(7-10)2-3-16/h4-5,7-8,16H,2-3,6H2,1H3. The summed E-state index contributed by atoms with van der Waals surface area (Å²) in [5.41, 5.74) is 0.927. The maximum atomic E-state index is 12.4. The van der Waals surface area contributed by atoms with Crippen LogP contribution in [0, 0.1) is 0 Å². The van der Waals surface area contributed by atoms with Gasteiger partial charge in [-0.2, -0.15) is 9.40 Å². The number of rotatable bonds is 6. The van der Waals surface area contributed by atoms with Gasteiger partial charge in [0.1, 0.15) is 4.90 Å². The zero-order valence-corrected chi connectivity index (χ0v) is 13.9. The molecule has 0 aliphatic rings. The van der Waals surface area contributed by atoms with E-state index in [1.165, 1.54) is 39.8 Å². The second-order valence-corrected chi connectivity index (χ2v) is 8.52. The predicted molar refractivity (Wildman–Crippen MR) is 80.0 cm³/mol. The van der Waals surface area contributed by atoms with Crippen molar-refractivity contribution in [1.82, 2.24) is 14.1 Å². The third-order valence-corrected chi connectivity index (χ3v) is 5.98. The van der Waals surface area contributed by atoms with Crippen molar-refractivity contribution in [3.8, 4) is 0 Å². The van der Waals surface area contributed by atoms with E-state index in [4.69, 9.17) is 5.11 Å². The fourth-order valence-corrected chi connectivity index (χ4v) is 3.97. The summed E-state index contributed by atoms with van der Waals surface area (Å²) in [5, 5.41) is 14.6. The molecule has 0 aliphatic heterocycles. The number of thiophene rings is 1. The van der Waals surface area contributed by atoms with Crippen LogP contribution in [0.25, 0.3) is 0 Å². The maximum Gasteiger partial charge on any atom is 0.246 e. The van der Waals surface area contributed by atoms with Gasteiger partial charge in [-0.1, -0.05) is 0 Å². The normalized spacial score (nSPS) is 12.2. The molecule has 110 valence electrons. The third-order valence-electron chi connectivity index (χ3n) is 2.67. The molecule has 1 N–H and O–H groups in total. The van der Waals surface area contributed by atoms with E-state index in [2.05, 4.69) is 21.0 Å². The molecule has 2 heterocycles. The SMILES string of the molecule is CN(Cc1csc(Br)c1)S(=O)(=O)c1cnn(CCO)c1. The molecule has 0 saturated carbocycles. The highest BCUT2D eigenvalue weighted by Crippen LogP contribution is 2.23. The van der Waals surface area contributed by atoms with Crippen molar-refractivity contribution in [2.75, 3.05) is 13.7 Å². The van der Waals surface area contributed by atoms with Gasteiger partial charge in [0.05, 0.1) is 23.1 Å². The first-order chi connectivity index (χ1) is 9.43. The molecule has 6 nitrogen and oxygen atoms in total. The van der Waals surface area contributed by atoms with Gasteiger partial charge in [0.2, 0.25) is 10.0 Å². The first kappa shape index (κ1) is 15.6. The number of nitrogens with zero attached hydrogens (tertiary/aromatic N) is 3. The lowest BCUT2D eigenvalue weighted by molar-refractivity contribution is 0.269. The lowest BCUT2D eigenvalue weighted by Gasteiger charge is -2.15. The van der Waals surface area contributed by atoms with Gasteiger partial charge < -0.3 is 5.11 Å². The molecule has 2 aromatic heterocycles. The van der Waals surface area contributed by atoms with Crippen LogP contribution in [0.2, 0.25) is 0 Å². The first-order valence-corrected chi connectivity index (χ1v) is 8.87. The fraction of sp³-hybridized carbons (Fsp3) is 0.364. The molecular weight excluding hydrogens is 366 g/mol. The molecule has 0 amide bonds. The fourth-order valence-electron chi connectivity index (χ4n) is 1.65. The van der Waals surface area contributed by atoms with E-state index in [1.54, 1.807) is 0 Å². The number of aromatic nitrogens is 2. The Hall–Kier alpha value is -0.740. The molecule has 20 heavy (non-hydrogen) atoms. The highest BCUT2D eigenvalue weighted by Gasteiger charge is 2.23. The van der Waals surface area contributed by atoms with Crippen molar-refractivity contribution >= 4 is 37.3 Å². The Morgan fingerprint density at radius 2 is 2.30 bits per heavy atom. The monoisotopic (exact) mass is 379 g/mol. The number of aliphatic hydroxyl groups excluding tert-OH is 1. The molecule has 0 atom stereocenters. The van der Waals surface area contributed by atoms with Crippen molar-refractivity contribution in [1.29, 1.82) is 0 Å². The number of sulfonamides is 1. The molecule has 0 radical (unpaired) electrons. The first-order valence-electron chi connectivity index (χ1n) is 5.76. The molecule has 0 unspecified atom stereocenters. The van der Waals surface area contributed by atoms with Crippen molar-refractivity contribution in [3.05, 3.63) is 33.2 Å². The Morgan fingerprint density at radius 1 is 1.55 bits per heavy atom. The van der Waals surface area contributed by atoms with Gasteiger partial charge in [-0.25, -0.2) is 8.42 Å². The summed E-state index contributed by atoms with van der Waals surface area (Å²) in [5.74, 6) is 0. The Morgan fingerprint density at radius 3 is 2.90 bits per heavy atom. The van der Waals surface area contributed by atoms with Crippen LogP contribution in [0.15, 0.2) is 32.5 Å². The average Bonchev–Trinajstić information content (AvgIpc) is 2.99. The zero-order chi connectivity index (χ0) is 14.8. The van der Waals surface area contributed by atoms with Gasteiger partial charge in [0, 0.05) is 19.8 Å². The van der Waals surface area contributed by atoms with Crippen molar-refractivity contribution in [2.45, 2.75) is 18.0 Å². The van der Waals surface area contributed by atoms with Gasteiger partial charge >= 0.3 is 0 Å². The van der Waals surface area contributed by atoms with Crippen LogP contribution in [0.3, 0.4) is 0 Å². The topological polar surface area (TPSA) is 75.4 Å². The Kier molecular flexibility index (Phi) is 4.97. The van der Waals surface area contributed by atoms with Crippen molar-refractivity contribution < 1.29 is 13.5 Å². The molecule has 0 bridgehead atoms. The minimum atomic E-state index is -3.57. The van der Waals surface area contributed by atoms with E-state index in [0.29, 0.717) is 6.54 Å². The molecular formula is C11H14BrN3O3S2. The van der Waals surface area contributed by atoms with Crippen LogP contribution in [0.1, 0.15) is 5.56 Å². The summed E-state index contributed by atoms with van der Waals surface area (Å²) in [6.45, 7) is 0.492. The van der Waals surface area contributed by atoms with Crippen LogP contribution < -0.4 is 0 Å². The molecule has 0 aliphatic carbocycles. The highest BCUT2D eigenvalue weighted by molar-refractivity contribution is 9.11. The third kappa shape index (κ3) is 3.47. The van der Waals surface area contributed by atoms with Crippen LogP contribution in [0.4, 0.5) is 0 Å². The maximum absolute atomic E-state index is 12.4. The summed E-state index contributed by atoms with van der Waals surface area (Å²) in [7, 11) is -2.04. The zero-order valence-electron chi connectivity index (χ0n) is 10.7. The molecule has 2 aromatic rings. The second-order valence-electron chi connectivity index (χ2n) is 4.18. The van der Waals surface area contributed by atoms with E-state index in [0.717, 1.165) is 9.35 Å².